The average molecular weight is 479 g/mol. The van der Waals surface area contributed by atoms with Gasteiger partial charge < -0.3 is 0 Å². The molecule has 0 nitrogen and oxygen atoms in total. The topological polar surface area (TPSA) is 0 Å². The maximum Gasteiger partial charge on any atom is 0.161 e. The average Bonchev–Trinajstić information content (AvgIpc) is 2.81. The van der Waals surface area contributed by atoms with Gasteiger partial charge >= 0.3 is 0 Å². The van der Waals surface area contributed by atoms with Crippen molar-refractivity contribution in [3.63, 3.8) is 0 Å². The predicted molar refractivity (Wildman–Crippen MR) is 124 cm³/mol. The molecule has 0 aliphatic carbocycles. The van der Waals surface area contributed by atoms with Crippen LogP contribution in [0, 0.1) is 17.5 Å². The van der Waals surface area contributed by atoms with Crippen molar-refractivity contribution in [2.45, 2.75) is 45.4 Å². The minimum atomic E-state index is -0.953. The van der Waals surface area contributed by atoms with Gasteiger partial charge in [-0.2, -0.15) is 0 Å². The van der Waals surface area contributed by atoms with Crippen LogP contribution >= 0.6 is 11.6 Å². The minimum absolute atomic E-state index is 0.0612. The molecule has 0 fully saturated rings. The minimum Gasteiger partial charge on any atom is -0.209 e. The van der Waals surface area contributed by atoms with Crippen molar-refractivity contribution in [2.24, 2.45) is 0 Å². The molecule has 0 spiro atoms. The zero-order valence-corrected chi connectivity index (χ0v) is 19.0. The molecule has 0 amide bonds. The Bertz CT molecular complexity index is 1110. The molecule has 3 rings (SSSR count). The maximum atomic E-state index is 14.6. The van der Waals surface area contributed by atoms with Crippen molar-refractivity contribution in [3.05, 3.63) is 99.6 Å². The summed E-state index contributed by atoms with van der Waals surface area (Å²) in [6, 6.07) is 13.0. The molecule has 0 aromatic heterocycles. The van der Waals surface area contributed by atoms with Gasteiger partial charge in [-0.25, -0.2) is 22.0 Å². The summed E-state index contributed by atoms with van der Waals surface area (Å²) in [4.78, 5) is 0. The summed E-state index contributed by atoms with van der Waals surface area (Å²) in [6.45, 7) is 2.00. The maximum absolute atomic E-state index is 14.6. The lowest BCUT2D eigenvalue weighted by Crippen LogP contribution is -1.95. The lowest BCUT2D eigenvalue weighted by Gasteiger charge is -2.09. The number of hydrogen-bond acceptors (Lipinski definition) is 0. The summed E-state index contributed by atoms with van der Waals surface area (Å²) in [5.74, 6) is -4.07. The van der Waals surface area contributed by atoms with E-state index in [1.807, 2.05) is 6.92 Å². The highest BCUT2D eigenvalue weighted by atomic mass is 35.5. The Balaban J connectivity index is 1.66. The Morgan fingerprint density at radius 1 is 0.758 bits per heavy atom. The number of hydrogen-bond donors (Lipinski definition) is 0. The van der Waals surface area contributed by atoms with E-state index < -0.39 is 34.1 Å². The van der Waals surface area contributed by atoms with Crippen LogP contribution in [0.1, 0.15) is 49.3 Å². The fraction of sp³-hybridized carbons (Fsp3) is 0.259. The van der Waals surface area contributed by atoms with Crippen LogP contribution in [-0.2, 0) is 12.8 Å². The summed E-state index contributed by atoms with van der Waals surface area (Å²) in [5.41, 5.74) is 1.92. The number of halogens is 6. The van der Waals surface area contributed by atoms with Gasteiger partial charge in [0.25, 0.3) is 0 Å². The fourth-order valence-corrected chi connectivity index (χ4v) is 3.67. The van der Waals surface area contributed by atoms with Gasteiger partial charge in [0.15, 0.2) is 5.83 Å². The number of rotatable bonds is 9. The Labute approximate surface area is 195 Å². The van der Waals surface area contributed by atoms with E-state index in [1.54, 1.807) is 18.2 Å². The molecule has 33 heavy (non-hydrogen) atoms. The van der Waals surface area contributed by atoms with Crippen molar-refractivity contribution in [1.29, 1.82) is 0 Å². The summed E-state index contributed by atoms with van der Waals surface area (Å²) in [5, 5.41) is -0.628. The van der Waals surface area contributed by atoms with Gasteiger partial charge in [-0.05, 0) is 54.2 Å². The van der Waals surface area contributed by atoms with E-state index in [1.165, 1.54) is 24.3 Å². The number of allylic oxidation sites excluding steroid dienone is 1. The van der Waals surface area contributed by atoms with E-state index in [0.717, 1.165) is 30.5 Å². The zero-order chi connectivity index (χ0) is 24.0. The monoisotopic (exact) mass is 478 g/mol. The lowest BCUT2D eigenvalue weighted by molar-refractivity contribution is 0.541. The van der Waals surface area contributed by atoms with Gasteiger partial charge in [0.1, 0.15) is 28.3 Å². The highest BCUT2D eigenvalue weighted by Crippen LogP contribution is 2.30. The van der Waals surface area contributed by atoms with E-state index in [-0.39, 0.29) is 23.1 Å². The summed E-state index contributed by atoms with van der Waals surface area (Å²) in [6.07, 6.45) is 3.57. The molecular formula is C27H24ClF5. The molecule has 3 aromatic rings. The van der Waals surface area contributed by atoms with Crippen molar-refractivity contribution in [2.75, 3.05) is 0 Å². The Morgan fingerprint density at radius 2 is 1.36 bits per heavy atom. The molecule has 6 heteroatoms. The molecule has 0 N–H and O–H groups in total. The van der Waals surface area contributed by atoms with Crippen molar-refractivity contribution < 1.29 is 22.0 Å². The van der Waals surface area contributed by atoms with Crippen LogP contribution < -0.4 is 0 Å². The molecule has 3 aromatic carbocycles. The van der Waals surface area contributed by atoms with E-state index in [0.29, 0.717) is 24.8 Å². The highest BCUT2D eigenvalue weighted by Gasteiger charge is 2.13. The van der Waals surface area contributed by atoms with Gasteiger partial charge in [0.2, 0.25) is 0 Å². The Hall–Kier alpha value is -2.66. The number of benzene rings is 3. The quantitative estimate of drug-likeness (QED) is 0.163. The van der Waals surface area contributed by atoms with Gasteiger partial charge in [0.05, 0.1) is 0 Å². The van der Waals surface area contributed by atoms with E-state index in [9.17, 15) is 22.0 Å². The van der Waals surface area contributed by atoms with Crippen LogP contribution in [0.4, 0.5) is 22.0 Å². The number of aryl methyl sites for hydroxylation is 2. The van der Waals surface area contributed by atoms with E-state index in [4.69, 9.17) is 11.6 Å². The second kappa shape index (κ2) is 11.5. The Kier molecular flexibility index (Phi) is 8.67. The van der Waals surface area contributed by atoms with Crippen LogP contribution in [0.2, 0.25) is 5.02 Å². The smallest absolute Gasteiger partial charge is 0.161 e. The SMILES string of the molecule is CCCCC/C(F)=C(\F)c1ccc(CCc2ccc(-c3cc(F)c(Cl)c(F)c3)c(F)c2)cc1. The van der Waals surface area contributed by atoms with Crippen LogP contribution in [0.5, 0.6) is 0 Å². The molecule has 0 heterocycles. The van der Waals surface area contributed by atoms with Crippen molar-refractivity contribution in [1.82, 2.24) is 0 Å². The van der Waals surface area contributed by atoms with Crippen LogP contribution in [0.3, 0.4) is 0 Å². The standard InChI is InChI=1S/C27H24ClF5/c1-2-3-4-5-22(29)27(33)19-11-8-17(9-12-19)6-7-18-10-13-21(23(30)14-18)20-15-24(31)26(28)25(32)16-20/h8-16H,2-7H2,1H3/b27-22+. The van der Waals surface area contributed by atoms with Crippen LogP contribution in [0.25, 0.3) is 17.0 Å². The molecule has 0 aliphatic rings. The molecule has 174 valence electrons. The van der Waals surface area contributed by atoms with Gasteiger partial charge in [-0.3, -0.25) is 0 Å². The predicted octanol–water partition coefficient (Wildman–Crippen LogP) is 9.40. The number of unbranched alkanes of at least 4 members (excludes halogenated alkanes) is 2. The Morgan fingerprint density at radius 3 is 1.97 bits per heavy atom. The normalized spacial score (nSPS) is 12.1. The van der Waals surface area contributed by atoms with E-state index in [2.05, 4.69) is 0 Å². The van der Waals surface area contributed by atoms with Crippen molar-refractivity contribution in [3.8, 4) is 11.1 Å². The first-order valence-electron chi connectivity index (χ1n) is 10.9. The third kappa shape index (κ3) is 6.44. The van der Waals surface area contributed by atoms with Gasteiger partial charge in [0, 0.05) is 17.5 Å². The first-order valence-corrected chi connectivity index (χ1v) is 11.2. The van der Waals surface area contributed by atoms with Crippen LogP contribution in [0.15, 0.2) is 60.4 Å². The second-order valence-corrected chi connectivity index (χ2v) is 8.32. The summed E-state index contributed by atoms with van der Waals surface area (Å²) >= 11 is 5.48. The summed E-state index contributed by atoms with van der Waals surface area (Å²) in [7, 11) is 0. The fourth-order valence-electron chi connectivity index (χ4n) is 3.56. The molecule has 0 saturated heterocycles. The molecular weight excluding hydrogens is 455 g/mol. The third-order valence-electron chi connectivity index (χ3n) is 5.48. The molecule has 0 unspecified atom stereocenters. The molecule has 0 atom stereocenters. The lowest BCUT2D eigenvalue weighted by atomic mass is 9.99. The molecule has 0 aliphatic heterocycles. The first-order chi connectivity index (χ1) is 15.8. The largest absolute Gasteiger partial charge is 0.209 e. The molecule has 0 radical (unpaired) electrons. The van der Waals surface area contributed by atoms with Crippen molar-refractivity contribution >= 4 is 17.4 Å². The van der Waals surface area contributed by atoms with Crippen LogP contribution in [-0.4, -0.2) is 0 Å². The molecule has 0 bridgehead atoms. The van der Waals surface area contributed by atoms with Gasteiger partial charge in [-0.15, -0.1) is 0 Å². The zero-order valence-electron chi connectivity index (χ0n) is 18.2. The van der Waals surface area contributed by atoms with E-state index >= 15 is 0 Å². The second-order valence-electron chi connectivity index (χ2n) is 7.94. The van der Waals surface area contributed by atoms with Gasteiger partial charge in [-0.1, -0.05) is 67.8 Å². The first kappa shape index (κ1) is 25.0. The highest BCUT2D eigenvalue weighted by molar-refractivity contribution is 6.31. The third-order valence-corrected chi connectivity index (χ3v) is 5.84. The molecule has 0 saturated carbocycles. The summed E-state index contributed by atoms with van der Waals surface area (Å²) < 4.78 is 70.2.